The number of hydrogen-bond acceptors (Lipinski definition) is 9. The summed E-state index contributed by atoms with van der Waals surface area (Å²) in [7, 11) is 1.23. The van der Waals surface area contributed by atoms with E-state index in [1.54, 1.807) is 0 Å². The molecule has 0 radical (unpaired) electrons. The minimum Gasteiger partial charge on any atom is -0.467 e. The maximum Gasteiger partial charge on any atom is 0.416 e. The van der Waals surface area contributed by atoms with Crippen LogP contribution in [0.1, 0.15) is 68.6 Å². The molecule has 5 atom stereocenters. The summed E-state index contributed by atoms with van der Waals surface area (Å²) in [6.45, 7) is 1.42. The van der Waals surface area contributed by atoms with Gasteiger partial charge in [0.1, 0.15) is 18.8 Å². The minimum atomic E-state index is -4.51. The van der Waals surface area contributed by atoms with Gasteiger partial charge in [0.25, 0.3) is 0 Å². The van der Waals surface area contributed by atoms with E-state index in [4.69, 9.17) is 18.9 Å². The zero-order chi connectivity index (χ0) is 38.0. The second kappa shape index (κ2) is 17.8. The molecule has 5 rings (SSSR count). The first-order chi connectivity index (χ1) is 25.3. The van der Waals surface area contributed by atoms with Gasteiger partial charge in [-0.3, -0.25) is 4.79 Å². The number of alkyl carbamates (subject to hydrolysis) is 2. The van der Waals surface area contributed by atoms with Crippen molar-refractivity contribution in [2.24, 2.45) is 0 Å². The molecule has 2 aliphatic heterocycles. The molecule has 15 heteroatoms. The zero-order valence-electron chi connectivity index (χ0n) is 29.5. The van der Waals surface area contributed by atoms with Gasteiger partial charge in [0.05, 0.1) is 24.9 Å². The molecule has 0 aliphatic carbocycles. The van der Waals surface area contributed by atoms with Crippen LogP contribution in [0.25, 0.3) is 10.8 Å². The fraction of sp³-hybridized carbons (Fsp3) is 0.474. The van der Waals surface area contributed by atoms with Crippen molar-refractivity contribution in [3.8, 4) is 0 Å². The van der Waals surface area contributed by atoms with E-state index >= 15 is 0 Å². The second-order valence-corrected chi connectivity index (χ2v) is 13.2. The van der Waals surface area contributed by atoms with E-state index in [2.05, 4.69) is 20.7 Å². The van der Waals surface area contributed by atoms with Crippen molar-refractivity contribution < 1.29 is 56.0 Å². The van der Waals surface area contributed by atoms with E-state index in [1.165, 1.54) is 26.2 Å². The first kappa shape index (κ1) is 39.3. The van der Waals surface area contributed by atoms with E-state index in [-0.39, 0.29) is 56.9 Å². The first-order valence-corrected chi connectivity index (χ1v) is 17.5. The summed E-state index contributed by atoms with van der Waals surface area (Å²) in [5.74, 6) is -2.18. The standard InChI is InChI=1S/C38H44F3N3O9/c1-24(34(46)49-2)44-33(45)16-15-29-19-31(51-36(48)43-22-27-11-6-10-26-9-3-4-14-32(26)27)20-37(52-29)17-7-13-30(53-37)23-50-35(47)42-21-25-8-5-12-28(18-25)38(39,40)41/h3-6,8-12,14,18,24,29-31H,7,13,15-17,19-23H2,1-2H3,(H,42,47)(H,43,48)(H,44,45)/t24-,29+,30+,31+,37-/m0/s1. The quantitative estimate of drug-likeness (QED) is 0.144. The zero-order valence-corrected chi connectivity index (χ0v) is 29.5. The van der Waals surface area contributed by atoms with Crippen LogP contribution < -0.4 is 16.0 Å². The maximum absolute atomic E-state index is 13.1. The average Bonchev–Trinajstić information content (AvgIpc) is 3.13. The number of carbonyl (C=O) groups excluding carboxylic acids is 4. The Balaban J connectivity index is 1.19. The van der Waals surface area contributed by atoms with Gasteiger partial charge in [-0.1, -0.05) is 54.6 Å². The number of rotatable bonds is 12. The summed E-state index contributed by atoms with van der Waals surface area (Å²) in [6, 6.07) is 17.5. The largest absolute Gasteiger partial charge is 0.467 e. The molecule has 3 amide bonds. The number of benzene rings is 3. The summed E-state index contributed by atoms with van der Waals surface area (Å²) in [5.41, 5.74) is 0.357. The number of carbonyl (C=O) groups is 4. The number of halogens is 3. The lowest BCUT2D eigenvalue weighted by atomic mass is 9.90. The third-order valence-electron chi connectivity index (χ3n) is 9.21. The summed E-state index contributed by atoms with van der Waals surface area (Å²) in [4.78, 5) is 50.0. The van der Waals surface area contributed by atoms with Crippen molar-refractivity contribution in [3.05, 3.63) is 83.4 Å². The van der Waals surface area contributed by atoms with Crippen molar-refractivity contribution in [2.45, 2.75) is 101 Å². The Bertz CT molecular complexity index is 1750. The van der Waals surface area contributed by atoms with Crippen LogP contribution in [0.5, 0.6) is 0 Å². The molecule has 3 aromatic rings. The predicted octanol–water partition coefficient (Wildman–Crippen LogP) is 6.28. The third-order valence-corrected chi connectivity index (χ3v) is 9.21. The molecule has 2 aliphatic rings. The third kappa shape index (κ3) is 11.3. The summed E-state index contributed by atoms with van der Waals surface area (Å²) < 4.78 is 68.0. The van der Waals surface area contributed by atoms with Crippen molar-refractivity contribution in [1.82, 2.24) is 16.0 Å². The molecular formula is C38H44F3N3O9. The molecule has 0 bridgehead atoms. The van der Waals surface area contributed by atoms with Crippen LogP contribution >= 0.6 is 0 Å². The van der Waals surface area contributed by atoms with E-state index in [9.17, 15) is 32.3 Å². The van der Waals surface area contributed by atoms with Gasteiger partial charge in [-0.2, -0.15) is 13.2 Å². The van der Waals surface area contributed by atoms with Crippen LogP contribution in [0.4, 0.5) is 22.8 Å². The van der Waals surface area contributed by atoms with Crippen LogP contribution in [0.15, 0.2) is 66.7 Å². The molecule has 53 heavy (non-hydrogen) atoms. The lowest BCUT2D eigenvalue weighted by Crippen LogP contribution is -2.53. The Labute approximate surface area is 305 Å². The SMILES string of the molecule is COC(=O)[C@H](C)NC(=O)CC[C@@H]1C[C@@H](OC(=O)NCc2cccc3ccccc23)C[C@@]2(CCC[C@H](COC(=O)NCc3cccc(C(F)(F)F)c3)O2)O1. The number of methoxy groups -OCH3 is 1. The van der Waals surface area contributed by atoms with Crippen LogP contribution in [0, 0.1) is 0 Å². The van der Waals surface area contributed by atoms with Crippen LogP contribution in [-0.2, 0) is 52.5 Å². The van der Waals surface area contributed by atoms with Crippen molar-refractivity contribution in [2.75, 3.05) is 13.7 Å². The highest BCUT2D eigenvalue weighted by Crippen LogP contribution is 2.41. The molecule has 3 N–H and O–H groups in total. The fourth-order valence-corrected chi connectivity index (χ4v) is 6.66. The molecule has 3 aromatic carbocycles. The number of nitrogens with one attached hydrogen (secondary N) is 3. The Morgan fingerprint density at radius 2 is 1.68 bits per heavy atom. The molecule has 2 saturated heterocycles. The Morgan fingerprint density at radius 3 is 2.47 bits per heavy atom. The normalized spacial score (nSPS) is 22.0. The molecule has 1 spiro atoms. The van der Waals surface area contributed by atoms with Crippen molar-refractivity contribution in [1.29, 1.82) is 0 Å². The van der Waals surface area contributed by atoms with Crippen molar-refractivity contribution in [3.63, 3.8) is 0 Å². The Kier molecular flexibility index (Phi) is 13.2. The van der Waals surface area contributed by atoms with E-state index in [1.807, 2.05) is 42.5 Å². The lowest BCUT2D eigenvalue weighted by molar-refractivity contribution is -0.329. The summed E-state index contributed by atoms with van der Waals surface area (Å²) >= 11 is 0. The second-order valence-electron chi connectivity index (χ2n) is 13.2. The van der Waals surface area contributed by atoms with Gasteiger partial charge < -0.3 is 39.6 Å². The molecular weight excluding hydrogens is 699 g/mol. The molecule has 12 nitrogen and oxygen atoms in total. The number of fused-ring (bicyclic) bond motifs is 1. The fourth-order valence-electron chi connectivity index (χ4n) is 6.66. The van der Waals surface area contributed by atoms with Crippen LogP contribution in [-0.4, -0.2) is 67.9 Å². The smallest absolute Gasteiger partial charge is 0.416 e. The number of alkyl halides is 3. The van der Waals surface area contributed by atoms with E-state index in [0.717, 1.165) is 28.5 Å². The van der Waals surface area contributed by atoms with Gasteiger partial charge in [0, 0.05) is 38.8 Å². The molecule has 2 fully saturated rings. The van der Waals surface area contributed by atoms with Gasteiger partial charge in [-0.15, -0.1) is 0 Å². The Morgan fingerprint density at radius 1 is 0.943 bits per heavy atom. The van der Waals surface area contributed by atoms with E-state index in [0.29, 0.717) is 19.3 Å². The highest BCUT2D eigenvalue weighted by atomic mass is 19.4. The highest BCUT2D eigenvalue weighted by molar-refractivity contribution is 5.86. The average molecular weight is 744 g/mol. The molecule has 0 unspecified atom stereocenters. The lowest BCUT2D eigenvalue weighted by Gasteiger charge is -2.47. The molecule has 286 valence electrons. The highest BCUT2D eigenvalue weighted by Gasteiger charge is 2.47. The Hall–Kier alpha value is -4.89. The number of ether oxygens (including phenoxy) is 5. The van der Waals surface area contributed by atoms with Gasteiger partial charge in [-0.25, -0.2) is 14.4 Å². The van der Waals surface area contributed by atoms with Crippen LogP contribution in [0.2, 0.25) is 0 Å². The van der Waals surface area contributed by atoms with Gasteiger partial charge in [0.2, 0.25) is 5.91 Å². The monoisotopic (exact) mass is 743 g/mol. The minimum absolute atomic E-state index is 0.0146. The summed E-state index contributed by atoms with van der Waals surface area (Å²) in [6.07, 6.45) is -5.43. The number of hydrogen-bond donors (Lipinski definition) is 3. The predicted molar refractivity (Wildman–Crippen MR) is 185 cm³/mol. The van der Waals surface area contributed by atoms with Gasteiger partial charge in [-0.05, 0) is 60.2 Å². The molecule has 0 aromatic heterocycles. The summed E-state index contributed by atoms with van der Waals surface area (Å²) in [5, 5.41) is 9.94. The number of amides is 3. The van der Waals surface area contributed by atoms with Crippen LogP contribution in [0.3, 0.4) is 0 Å². The maximum atomic E-state index is 13.1. The van der Waals surface area contributed by atoms with Gasteiger partial charge in [0.15, 0.2) is 5.79 Å². The topological polar surface area (TPSA) is 151 Å². The molecule has 0 saturated carbocycles. The first-order valence-electron chi connectivity index (χ1n) is 17.5. The van der Waals surface area contributed by atoms with E-state index < -0.39 is 60.0 Å². The van der Waals surface area contributed by atoms with Crippen molar-refractivity contribution >= 4 is 34.8 Å². The number of esters is 1. The molecule has 2 heterocycles. The van der Waals surface area contributed by atoms with Gasteiger partial charge >= 0.3 is 24.3 Å².